The molecule has 0 aliphatic carbocycles. The molecule has 2 aromatic rings. The molecular formula is C12H12ClN3S. The summed E-state index contributed by atoms with van der Waals surface area (Å²) in [5.41, 5.74) is 1.17. The molecule has 0 aliphatic rings. The number of hydrogen-bond acceptors (Lipinski definition) is 4. The van der Waals surface area contributed by atoms with E-state index in [9.17, 15) is 0 Å². The van der Waals surface area contributed by atoms with E-state index in [4.69, 9.17) is 11.6 Å². The Kier molecular flexibility index (Phi) is 4.36. The zero-order valence-corrected chi connectivity index (χ0v) is 10.9. The molecule has 0 fully saturated rings. The van der Waals surface area contributed by atoms with E-state index in [2.05, 4.69) is 21.4 Å². The van der Waals surface area contributed by atoms with Gasteiger partial charge in [0.25, 0.3) is 0 Å². The predicted octanol–water partition coefficient (Wildman–Crippen LogP) is 3.00. The number of rotatable bonds is 4. The highest BCUT2D eigenvalue weighted by atomic mass is 35.5. The number of nitrogens with zero attached hydrogens (tertiary/aromatic N) is 2. The third-order valence-electron chi connectivity index (χ3n) is 2.18. The molecule has 0 spiro atoms. The lowest BCUT2D eigenvalue weighted by Crippen LogP contribution is -2.06. The van der Waals surface area contributed by atoms with Gasteiger partial charge in [0.05, 0.1) is 5.02 Å². The summed E-state index contributed by atoms with van der Waals surface area (Å²) in [6, 6.07) is 7.78. The normalized spacial score (nSPS) is 10.5. The molecule has 0 amide bonds. The van der Waals surface area contributed by atoms with E-state index in [1.807, 2.05) is 25.2 Å². The second-order valence-electron chi connectivity index (χ2n) is 3.41. The van der Waals surface area contributed by atoms with E-state index >= 15 is 0 Å². The molecule has 3 nitrogen and oxygen atoms in total. The molecule has 0 saturated carbocycles. The van der Waals surface area contributed by atoms with Crippen molar-refractivity contribution in [2.24, 2.45) is 0 Å². The molecular weight excluding hydrogens is 254 g/mol. The van der Waals surface area contributed by atoms with E-state index in [1.165, 1.54) is 11.9 Å². The molecule has 1 N–H and O–H groups in total. The average molecular weight is 266 g/mol. The van der Waals surface area contributed by atoms with Gasteiger partial charge in [0, 0.05) is 17.6 Å². The standard InChI is InChI=1S/C12H12ClN3S/c1-14-7-9-3-2-4-10(13)12(9)17-11-5-6-15-8-16-11/h2-6,8,14H,7H2,1H3. The van der Waals surface area contributed by atoms with Crippen LogP contribution >= 0.6 is 23.4 Å². The zero-order chi connectivity index (χ0) is 12.1. The van der Waals surface area contributed by atoms with E-state index in [0.29, 0.717) is 0 Å². The lowest BCUT2D eigenvalue weighted by Gasteiger charge is -2.09. The van der Waals surface area contributed by atoms with Gasteiger partial charge >= 0.3 is 0 Å². The number of benzene rings is 1. The van der Waals surface area contributed by atoms with Gasteiger partial charge in [-0.05, 0) is 24.7 Å². The van der Waals surface area contributed by atoms with E-state index in [1.54, 1.807) is 18.0 Å². The Labute approximate surface area is 110 Å². The van der Waals surface area contributed by atoms with Gasteiger partial charge in [-0.2, -0.15) is 0 Å². The zero-order valence-electron chi connectivity index (χ0n) is 9.35. The molecule has 0 saturated heterocycles. The van der Waals surface area contributed by atoms with Crippen molar-refractivity contribution in [3.05, 3.63) is 47.4 Å². The van der Waals surface area contributed by atoms with Crippen LogP contribution in [0.5, 0.6) is 0 Å². The second kappa shape index (κ2) is 6.00. The van der Waals surface area contributed by atoms with Gasteiger partial charge in [0.2, 0.25) is 0 Å². The molecule has 2 rings (SSSR count). The van der Waals surface area contributed by atoms with Gasteiger partial charge in [-0.25, -0.2) is 9.97 Å². The number of halogens is 1. The number of aromatic nitrogens is 2. The fourth-order valence-corrected chi connectivity index (χ4v) is 2.63. The van der Waals surface area contributed by atoms with Crippen molar-refractivity contribution in [2.45, 2.75) is 16.5 Å². The van der Waals surface area contributed by atoms with Gasteiger partial charge in [-0.3, -0.25) is 0 Å². The molecule has 1 heterocycles. The van der Waals surface area contributed by atoms with Crippen LogP contribution in [0.15, 0.2) is 46.7 Å². The second-order valence-corrected chi connectivity index (χ2v) is 4.85. The quantitative estimate of drug-likeness (QED) is 0.863. The first-order chi connectivity index (χ1) is 8.31. The minimum absolute atomic E-state index is 0.751. The first-order valence-electron chi connectivity index (χ1n) is 5.17. The molecule has 0 radical (unpaired) electrons. The van der Waals surface area contributed by atoms with Crippen molar-refractivity contribution >= 4 is 23.4 Å². The predicted molar refractivity (Wildman–Crippen MR) is 70.4 cm³/mol. The maximum absolute atomic E-state index is 6.22. The minimum atomic E-state index is 0.751. The molecule has 0 atom stereocenters. The van der Waals surface area contributed by atoms with Gasteiger partial charge in [0.15, 0.2) is 0 Å². The van der Waals surface area contributed by atoms with Crippen molar-refractivity contribution < 1.29 is 0 Å². The fraction of sp³-hybridized carbons (Fsp3) is 0.167. The SMILES string of the molecule is CNCc1cccc(Cl)c1Sc1ccncn1. The Balaban J connectivity index is 2.31. The van der Waals surface area contributed by atoms with Gasteiger partial charge in [0.1, 0.15) is 11.4 Å². The fourth-order valence-electron chi connectivity index (χ4n) is 1.44. The van der Waals surface area contributed by atoms with Crippen LogP contribution in [0.3, 0.4) is 0 Å². The molecule has 0 aliphatic heterocycles. The summed E-state index contributed by atoms with van der Waals surface area (Å²) >= 11 is 7.78. The molecule has 5 heteroatoms. The Bertz CT molecular complexity index is 490. The Morgan fingerprint density at radius 2 is 2.24 bits per heavy atom. The molecule has 17 heavy (non-hydrogen) atoms. The third kappa shape index (κ3) is 3.19. The maximum Gasteiger partial charge on any atom is 0.116 e. The smallest absolute Gasteiger partial charge is 0.116 e. The first-order valence-corrected chi connectivity index (χ1v) is 6.36. The first kappa shape index (κ1) is 12.4. The van der Waals surface area contributed by atoms with Crippen molar-refractivity contribution in [2.75, 3.05) is 7.05 Å². The van der Waals surface area contributed by atoms with Gasteiger partial charge < -0.3 is 5.32 Å². The molecule has 88 valence electrons. The Hall–Kier alpha value is -1.10. The topological polar surface area (TPSA) is 37.8 Å². The minimum Gasteiger partial charge on any atom is -0.316 e. The highest BCUT2D eigenvalue weighted by Crippen LogP contribution is 2.34. The Morgan fingerprint density at radius 3 is 2.94 bits per heavy atom. The number of nitrogens with one attached hydrogen (secondary N) is 1. The van der Waals surface area contributed by atoms with Crippen LogP contribution in [-0.2, 0) is 6.54 Å². The van der Waals surface area contributed by atoms with Crippen molar-refractivity contribution in [3.63, 3.8) is 0 Å². The average Bonchev–Trinajstić information content (AvgIpc) is 2.35. The van der Waals surface area contributed by atoms with Crippen LogP contribution in [-0.4, -0.2) is 17.0 Å². The van der Waals surface area contributed by atoms with Crippen LogP contribution in [0.25, 0.3) is 0 Å². The molecule has 1 aromatic heterocycles. The summed E-state index contributed by atoms with van der Waals surface area (Å²) in [7, 11) is 1.92. The van der Waals surface area contributed by atoms with E-state index in [0.717, 1.165) is 21.5 Å². The van der Waals surface area contributed by atoms with Crippen LogP contribution in [0, 0.1) is 0 Å². The summed E-state index contributed by atoms with van der Waals surface area (Å²) < 4.78 is 0. The summed E-state index contributed by atoms with van der Waals surface area (Å²) in [6.07, 6.45) is 3.26. The van der Waals surface area contributed by atoms with Crippen molar-refractivity contribution in [1.29, 1.82) is 0 Å². The van der Waals surface area contributed by atoms with Crippen LogP contribution in [0.4, 0.5) is 0 Å². The van der Waals surface area contributed by atoms with Crippen LogP contribution < -0.4 is 5.32 Å². The summed E-state index contributed by atoms with van der Waals surface area (Å²) in [5, 5.41) is 4.78. The highest BCUT2D eigenvalue weighted by molar-refractivity contribution is 7.99. The monoisotopic (exact) mass is 265 g/mol. The van der Waals surface area contributed by atoms with Crippen molar-refractivity contribution in [3.8, 4) is 0 Å². The lowest BCUT2D eigenvalue weighted by molar-refractivity contribution is 0.803. The molecule has 0 unspecified atom stereocenters. The van der Waals surface area contributed by atoms with Gasteiger partial charge in [-0.15, -0.1) is 0 Å². The highest BCUT2D eigenvalue weighted by Gasteiger charge is 2.08. The van der Waals surface area contributed by atoms with E-state index < -0.39 is 0 Å². The largest absolute Gasteiger partial charge is 0.316 e. The van der Waals surface area contributed by atoms with E-state index in [-0.39, 0.29) is 0 Å². The van der Waals surface area contributed by atoms with Crippen molar-refractivity contribution in [1.82, 2.24) is 15.3 Å². The maximum atomic E-state index is 6.22. The summed E-state index contributed by atoms with van der Waals surface area (Å²) in [6.45, 7) is 0.786. The molecule has 1 aromatic carbocycles. The Morgan fingerprint density at radius 1 is 1.35 bits per heavy atom. The third-order valence-corrected chi connectivity index (χ3v) is 3.74. The molecule has 0 bridgehead atoms. The van der Waals surface area contributed by atoms with Crippen LogP contribution in [0.1, 0.15) is 5.56 Å². The summed E-state index contributed by atoms with van der Waals surface area (Å²) in [4.78, 5) is 9.13. The van der Waals surface area contributed by atoms with Crippen LogP contribution in [0.2, 0.25) is 5.02 Å². The number of hydrogen-bond donors (Lipinski definition) is 1. The summed E-state index contributed by atoms with van der Waals surface area (Å²) in [5.74, 6) is 0. The lowest BCUT2D eigenvalue weighted by atomic mass is 10.2. The van der Waals surface area contributed by atoms with Gasteiger partial charge in [-0.1, -0.05) is 35.5 Å².